The standard InChI is InChI=1S/C20H18ClN3O3/c21-14-4-3-5-15(12-14)23-8-10-24(11-9-23)20(26)19-13-17(22-27-19)16-6-1-2-7-18(16)25/h1-7,12-13,25H,8-11H2. The molecule has 0 spiro atoms. The van der Waals surface area contributed by atoms with Gasteiger partial charge in [0.15, 0.2) is 0 Å². The van der Waals surface area contributed by atoms with Crippen LogP contribution >= 0.6 is 11.6 Å². The summed E-state index contributed by atoms with van der Waals surface area (Å²) < 4.78 is 5.23. The van der Waals surface area contributed by atoms with Crippen LogP contribution in [0.25, 0.3) is 11.3 Å². The predicted molar refractivity (Wildman–Crippen MR) is 103 cm³/mol. The van der Waals surface area contributed by atoms with Crippen molar-refractivity contribution < 1.29 is 14.4 Å². The third-order valence-electron chi connectivity index (χ3n) is 4.64. The predicted octanol–water partition coefficient (Wildman–Crippen LogP) is 3.66. The zero-order chi connectivity index (χ0) is 18.8. The molecule has 1 amide bonds. The van der Waals surface area contributed by atoms with E-state index in [1.165, 1.54) is 0 Å². The molecule has 0 bridgehead atoms. The van der Waals surface area contributed by atoms with E-state index in [1.54, 1.807) is 35.2 Å². The molecule has 4 rings (SSSR count). The van der Waals surface area contributed by atoms with Crippen LogP contribution in [-0.4, -0.2) is 47.2 Å². The normalized spacial score (nSPS) is 14.4. The average Bonchev–Trinajstić information content (AvgIpc) is 3.18. The number of hydrogen-bond donors (Lipinski definition) is 1. The number of para-hydroxylation sites is 1. The van der Waals surface area contributed by atoms with Crippen molar-refractivity contribution in [1.29, 1.82) is 0 Å². The van der Waals surface area contributed by atoms with E-state index >= 15 is 0 Å². The molecule has 3 aromatic rings. The fourth-order valence-electron chi connectivity index (χ4n) is 3.19. The Hall–Kier alpha value is -2.99. The highest BCUT2D eigenvalue weighted by Gasteiger charge is 2.25. The van der Waals surface area contributed by atoms with E-state index in [9.17, 15) is 9.90 Å². The summed E-state index contributed by atoms with van der Waals surface area (Å²) in [6.45, 7) is 2.59. The van der Waals surface area contributed by atoms with Crippen molar-refractivity contribution in [1.82, 2.24) is 10.1 Å². The molecule has 0 atom stereocenters. The minimum Gasteiger partial charge on any atom is -0.507 e. The Kier molecular flexibility index (Phi) is 4.73. The molecule has 1 fully saturated rings. The van der Waals surface area contributed by atoms with E-state index in [0.29, 0.717) is 42.5 Å². The van der Waals surface area contributed by atoms with Crippen LogP contribution in [0.3, 0.4) is 0 Å². The van der Waals surface area contributed by atoms with Gasteiger partial charge >= 0.3 is 0 Å². The lowest BCUT2D eigenvalue weighted by Crippen LogP contribution is -2.48. The third-order valence-corrected chi connectivity index (χ3v) is 4.88. The molecule has 27 heavy (non-hydrogen) atoms. The monoisotopic (exact) mass is 383 g/mol. The van der Waals surface area contributed by atoms with Crippen molar-refractivity contribution in [3.05, 3.63) is 65.4 Å². The van der Waals surface area contributed by atoms with Crippen molar-refractivity contribution in [2.45, 2.75) is 0 Å². The molecule has 0 radical (unpaired) electrons. The molecule has 1 aliphatic rings. The van der Waals surface area contributed by atoms with E-state index in [1.807, 2.05) is 24.3 Å². The number of anilines is 1. The Morgan fingerprint density at radius 1 is 1.04 bits per heavy atom. The first kappa shape index (κ1) is 17.4. The van der Waals surface area contributed by atoms with Gasteiger partial charge in [0.2, 0.25) is 5.76 Å². The number of rotatable bonds is 3. The highest BCUT2D eigenvalue weighted by Crippen LogP contribution is 2.28. The van der Waals surface area contributed by atoms with Crippen LogP contribution in [0.2, 0.25) is 5.02 Å². The number of nitrogens with zero attached hydrogens (tertiary/aromatic N) is 3. The van der Waals surface area contributed by atoms with Crippen molar-refractivity contribution >= 4 is 23.2 Å². The quantitative estimate of drug-likeness (QED) is 0.747. The highest BCUT2D eigenvalue weighted by atomic mass is 35.5. The maximum atomic E-state index is 12.7. The van der Waals surface area contributed by atoms with Crippen LogP contribution in [0.1, 0.15) is 10.6 Å². The number of halogens is 1. The van der Waals surface area contributed by atoms with Gasteiger partial charge in [0.25, 0.3) is 5.91 Å². The maximum absolute atomic E-state index is 12.7. The number of amides is 1. The van der Waals surface area contributed by atoms with Crippen LogP contribution in [0.15, 0.2) is 59.1 Å². The first-order chi connectivity index (χ1) is 13.1. The van der Waals surface area contributed by atoms with Gasteiger partial charge in [-0.05, 0) is 30.3 Å². The zero-order valence-corrected chi connectivity index (χ0v) is 15.3. The molecular weight excluding hydrogens is 366 g/mol. The van der Waals surface area contributed by atoms with Gasteiger partial charge in [-0.25, -0.2) is 0 Å². The van der Waals surface area contributed by atoms with Crippen LogP contribution in [0.4, 0.5) is 5.69 Å². The second-order valence-corrected chi connectivity index (χ2v) is 6.79. The first-order valence-electron chi connectivity index (χ1n) is 8.67. The largest absolute Gasteiger partial charge is 0.507 e. The van der Waals surface area contributed by atoms with Gasteiger partial charge in [-0.1, -0.05) is 35.0 Å². The molecule has 1 saturated heterocycles. The molecule has 0 aliphatic carbocycles. The second-order valence-electron chi connectivity index (χ2n) is 6.35. The van der Waals surface area contributed by atoms with Crippen LogP contribution in [-0.2, 0) is 0 Å². The lowest BCUT2D eigenvalue weighted by Gasteiger charge is -2.35. The Labute approximate surface area is 161 Å². The van der Waals surface area contributed by atoms with E-state index in [2.05, 4.69) is 10.1 Å². The number of aromatic hydroxyl groups is 1. The highest BCUT2D eigenvalue weighted by molar-refractivity contribution is 6.30. The molecule has 6 nitrogen and oxygen atoms in total. The van der Waals surface area contributed by atoms with Crippen molar-refractivity contribution in [3.63, 3.8) is 0 Å². The summed E-state index contributed by atoms with van der Waals surface area (Å²) in [6, 6.07) is 16.1. The van der Waals surface area contributed by atoms with Crippen molar-refractivity contribution in [3.8, 4) is 17.0 Å². The third kappa shape index (κ3) is 3.61. The van der Waals surface area contributed by atoms with Crippen LogP contribution in [0.5, 0.6) is 5.75 Å². The zero-order valence-electron chi connectivity index (χ0n) is 14.5. The van der Waals surface area contributed by atoms with Gasteiger partial charge in [0.05, 0.1) is 0 Å². The van der Waals surface area contributed by atoms with Gasteiger partial charge in [-0.2, -0.15) is 0 Å². The number of carbonyl (C=O) groups excluding carboxylic acids is 1. The summed E-state index contributed by atoms with van der Waals surface area (Å²) in [4.78, 5) is 16.7. The fraction of sp³-hybridized carbons (Fsp3) is 0.200. The molecule has 2 heterocycles. The first-order valence-corrected chi connectivity index (χ1v) is 9.04. The summed E-state index contributed by atoms with van der Waals surface area (Å²) in [6.07, 6.45) is 0. The number of phenolic OH excluding ortho intramolecular Hbond substituents is 1. The van der Waals surface area contributed by atoms with Crippen LogP contribution < -0.4 is 4.90 Å². The number of piperazine rings is 1. The van der Waals surface area contributed by atoms with Crippen molar-refractivity contribution in [2.75, 3.05) is 31.1 Å². The van der Waals surface area contributed by atoms with E-state index < -0.39 is 0 Å². The van der Waals surface area contributed by atoms with Crippen molar-refractivity contribution in [2.24, 2.45) is 0 Å². The maximum Gasteiger partial charge on any atom is 0.292 e. The molecule has 0 unspecified atom stereocenters. The molecule has 7 heteroatoms. The fourth-order valence-corrected chi connectivity index (χ4v) is 3.37. The van der Waals surface area contributed by atoms with Crippen LogP contribution in [0, 0.1) is 0 Å². The molecular formula is C20H18ClN3O3. The van der Waals surface area contributed by atoms with E-state index in [4.69, 9.17) is 16.1 Å². The number of benzene rings is 2. The molecule has 2 aromatic carbocycles. The van der Waals surface area contributed by atoms with Gasteiger partial charge in [-0.15, -0.1) is 0 Å². The Morgan fingerprint density at radius 2 is 1.81 bits per heavy atom. The summed E-state index contributed by atoms with van der Waals surface area (Å²) in [5.74, 6) is 0.0688. The number of carbonyl (C=O) groups is 1. The summed E-state index contributed by atoms with van der Waals surface area (Å²) in [7, 11) is 0. The minimum atomic E-state index is -0.199. The van der Waals surface area contributed by atoms with E-state index in [0.717, 1.165) is 5.69 Å². The Bertz CT molecular complexity index is 964. The Morgan fingerprint density at radius 3 is 2.56 bits per heavy atom. The number of aromatic nitrogens is 1. The van der Waals surface area contributed by atoms with Gasteiger partial charge in [0, 0.05) is 48.5 Å². The SMILES string of the molecule is O=C(c1cc(-c2ccccc2O)no1)N1CCN(c2cccc(Cl)c2)CC1. The van der Waals surface area contributed by atoms with Gasteiger partial charge in [-0.3, -0.25) is 4.79 Å². The molecule has 0 saturated carbocycles. The number of hydrogen-bond acceptors (Lipinski definition) is 5. The lowest BCUT2D eigenvalue weighted by atomic mass is 10.1. The summed E-state index contributed by atoms with van der Waals surface area (Å²) in [5, 5.41) is 14.6. The molecule has 1 N–H and O–H groups in total. The number of phenols is 1. The summed E-state index contributed by atoms with van der Waals surface area (Å²) >= 11 is 6.06. The van der Waals surface area contributed by atoms with Gasteiger partial charge < -0.3 is 19.4 Å². The lowest BCUT2D eigenvalue weighted by molar-refractivity contribution is 0.0705. The average molecular weight is 384 g/mol. The smallest absolute Gasteiger partial charge is 0.292 e. The molecule has 138 valence electrons. The summed E-state index contributed by atoms with van der Waals surface area (Å²) in [5.41, 5.74) is 2.02. The molecule has 1 aromatic heterocycles. The molecule has 1 aliphatic heterocycles. The van der Waals surface area contributed by atoms with Gasteiger partial charge in [0.1, 0.15) is 11.4 Å². The second kappa shape index (κ2) is 7.32. The topological polar surface area (TPSA) is 69.8 Å². The minimum absolute atomic E-state index is 0.0972. The van der Waals surface area contributed by atoms with E-state index in [-0.39, 0.29) is 17.4 Å². The Balaban J connectivity index is 1.43.